The van der Waals surface area contributed by atoms with Crippen molar-refractivity contribution in [3.05, 3.63) is 30.0 Å². The summed E-state index contributed by atoms with van der Waals surface area (Å²) < 4.78 is 2.03. The highest BCUT2D eigenvalue weighted by Gasteiger charge is 2.13. The summed E-state index contributed by atoms with van der Waals surface area (Å²) in [6.07, 6.45) is 0. The molecule has 3 aromatic rings. The van der Waals surface area contributed by atoms with Gasteiger partial charge in [0.05, 0.1) is 16.7 Å². The molecule has 0 aliphatic rings. The van der Waals surface area contributed by atoms with Crippen LogP contribution in [-0.4, -0.2) is 25.0 Å². The zero-order valence-corrected chi connectivity index (χ0v) is 9.10. The number of fused-ring (bicyclic) bond motifs is 1. The van der Waals surface area contributed by atoms with Crippen LogP contribution in [-0.2, 0) is 7.05 Å². The number of hydrogen-bond acceptors (Lipinski definition) is 3. The molecule has 1 N–H and O–H groups in total. The number of aryl methyl sites for hydroxylation is 2. The van der Waals surface area contributed by atoms with E-state index in [9.17, 15) is 0 Å². The van der Waals surface area contributed by atoms with E-state index in [1.807, 2.05) is 42.8 Å². The second-order valence-corrected chi connectivity index (χ2v) is 3.77. The number of imidazole rings is 1. The molecule has 0 bridgehead atoms. The lowest BCUT2D eigenvalue weighted by atomic mass is 10.3. The van der Waals surface area contributed by atoms with Crippen LogP contribution in [0, 0.1) is 6.92 Å². The summed E-state index contributed by atoms with van der Waals surface area (Å²) in [5, 5.41) is 10.7. The van der Waals surface area contributed by atoms with Gasteiger partial charge < -0.3 is 4.57 Å². The summed E-state index contributed by atoms with van der Waals surface area (Å²) in [5.74, 6) is 0.840. The lowest BCUT2D eigenvalue weighted by molar-refractivity contribution is 0.916. The highest BCUT2D eigenvalue weighted by Crippen LogP contribution is 2.22. The first-order chi connectivity index (χ1) is 7.77. The SMILES string of the molecule is Cc1[nH]nnc1-c1nc2ccccc2n1C. The van der Waals surface area contributed by atoms with Crippen LogP contribution in [0.5, 0.6) is 0 Å². The van der Waals surface area contributed by atoms with Crippen molar-refractivity contribution in [1.29, 1.82) is 0 Å². The van der Waals surface area contributed by atoms with Gasteiger partial charge in [0.2, 0.25) is 0 Å². The second kappa shape index (κ2) is 3.16. The average Bonchev–Trinajstić information content (AvgIpc) is 2.84. The molecule has 2 aromatic heterocycles. The van der Waals surface area contributed by atoms with E-state index in [1.165, 1.54) is 0 Å². The summed E-state index contributed by atoms with van der Waals surface area (Å²) in [4.78, 5) is 4.56. The van der Waals surface area contributed by atoms with Gasteiger partial charge >= 0.3 is 0 Å². The third kappa shape index (κ3) is 1.14. The Bertz CT molecular complexity index is 649. The molecule has 0 unspecified atom stereocenters. The third-order valence-electron chi connectivity index (χ3n) is 2.72. The standard InChI is InChI=1S/C11H11N5/c1-7-10(14-15-13-7)11-12-8-5-3-4-6-9(8)16(11)2/h3-6H,1-2H3,(H,13,14,15). The predicted octanol–water partition coefficient (Wildman–Crippen LogP) is 1.67. The third-order valence-corrected chi connectivity index (χ3v) is 2.72. The molecule has 2 heterocycles. The quantitative estimate of drug-likeness (QED) is 0.668. The van der Waals surface area contributed by atoms with Gasteiger partial charge in [-0.3, -0.25) is 5.10 Å². The van der Waals surface area contributed by atoms with E-state index in [0.717, 1.165) is 28.2 Å². The van der Waals surface area contributed by atoms with Crippen LogP contribution in [0.25, 0.3) is 22.6 Å². The molecule has 0 aliphatic carbocycles. The van der Waals surface area contributed by atoms with Crippen molar-refractivity contribution in [3.63, 3.8) is 0 Å². The van der Waals surface area contributed by atoms with Gasteiger partial charge in [-0.2, -0.15) is 0 Å². The molecule has 1 aromatic carbocycles. The maximum atomic E-state index is 4.56. The Morgan fingerprint density at radius 1 is 1.25 bits per heavy atom. The van der Waals surface area contributed by atoms with Crippen molar-refractivity contribution < 1.29 is 0 Å². The molecule has 0 fully saturated rings. The van der Waals surface area contributed by atoms with Crippen LogP contribution >= 0.6 is 0 Å². The molecule has 0 atom stereocenters. The first kappa shape index (κ1) is 9.08. The minimum Gasteiger partial charge on any atom is -0.326 e. The fourth-order valence-electron chi connectivity index (χ4n) is 1.85. The van der Waals surface area contributed by atoms with Crippen LogP contribution < -0.4 is 0 Å². The molecular formula is C11H11N5. The number of rotatable bonds is 1. The number of H-pyrrole nitrogens is 1. The zero-order valence-electron chi connectivity index (χ0n) is 9.10. The molecule has 0 saturated carbocycles. The van der Waals surface area contributed by atoms with Crippen LogP contribution in [0.4, 0.5) is 0 Å². The lowest BCUT2D eigenvalue weighted by Crippen LogP contribution is -1.94. The van der Waals surface area contributed by atoms with Gasteiger partial charge in [0.1, 0.15) is 0 Å². The fourth-order valence-corrected chi connectivity index (χ4v) is 1.85. The highest BCUT2D eigenvalue weighted by atomic mass is 15.3. The number of hydrogen-bond donors (Lipinski definition) is 1. The Morgan fingerprint density at radius 3 is 2.75 bits per heavy atom. The van der Waals surface area contributed by atoms with Crippen LogP contribution in [0.15, 0.2) is 24.3 Å². The molecule has 5 heteroatoms. The number of aromatic nitrogens is 5. The average molecular weight is 213 g/mol. The summed E-state index contributed by atoms with van der Waals surface area (Å²) in [6, 6.07) is 8.02. The highest BCUT2D eigenvalue weighted by molar-refractivity contribution is 5.79. The van der Waals surface area contributed by atoms with Gasteiger partial charge in [-0.25, -0.2) is 4.98 Å². The first-order valence-corrected chi connectivity index (χ1v) is 5.07. The number of aromatic amines is 1. The molecular weight excluding hydrogens is 202 g/mol. The predicted molar refractivity (Wildman–Crippen MR) is 60.8 cm³/mol. The van der Waals surface area contributed by atoms with Gasteiger partial charge in [-0.15, -0.1) is 5.10 Å². The Morgan fingerprint density at radius 2 is 2.06 bits per heavy atom. The van der Waals surface area contributed by atoms with E-state index >= 15 is 0 Å². The molecule has 16 heavy (non-hydrogen) atoms. The molecule has 80 valence electrons. The van der Waals surface area contributed by atoms with Gasteiger partial charge in [-0.1, -0.05) is 17.3 Å². The number of benzene rings is 1. The molecule has 5 nitrogen and oxygen atoms in total. The molecule has 3 rings (SSSR count). The Labute approximate surface area is 92.1 Å². The summed E-state index contributed by atoms with van der Waals surface area (Å²) in [5.41, 5.74) is 3.81. The van der Waals surface area contributed by atoms with Crippen molar-refractivity contribution in [2.45, 2.75) is 6.92 Å². The molecule has 0 amide bonds. The van der Waals surface area contributed by atoms with E-state index in [1.54, 1.807) is 0 Å². The minimum atomic E-state index is 0.804. The minimum absolute atomic E-state index is 0.804. The van der Waals surface area contributed by atoms with Gasteiger partial charge in [0.25, 0.3) is 0 Å². The normalized spacial score (nSPS) is 11.1. The number of para-hydroxylation sites is 2. The molecule has 0 saturated heterocycles. The second-order valence-electron chi connectivity index (χ2n) is 3.77. The van der Waals surface area contributed by atoms with E-state index in [0.29, 0.717) is 0 Å². The van der Waals surface area contributed by atoms with E-state index in [-0.39, 0.29) is 0 Å². The number of nitrogens with one attached hydrogen (secondary N) is 1. The van der Waals surface area contributed by atoms with Gasteiger partial charge in [0.15, 0.2) is 11.5 Å². The zero-order chi connectivity index (χ0) is 11.1. The maximum Gasteiger partial charge on any atom is 0.163 e. The number of nitrogens with zero attached hydrogens (tertiary/aromatic N) is 4. The summed E-state index contributed by atoms with van der Waals surface area (Å²) in [6.45, 7) is 1.94. The summed E-state index contributed by atoms with van der Waals surface area (Å²) in [7, 11) is 1.98. The van der Waals surface area contributed by atoms with Gasteiger partial charge in [0, 0.05) is 7.05 Å². The van der Waals surface area contributed by atoms with Crippen molar-refractivity contribution in [2.75, 3.05) is 0 Å². The molecule has 0 spiro atoms. The van der Waals surface area contributed by atoms with E-state index in [4.69, 9.17) is 0 Å². The fraction of sp³-hybridized carbons (Fsp3) is 0.182. The van der Waals surface area contributed by atoms with Crippen molar-refractivity contribution in [1.82, 2.24) is 25.0 Å². The smallest absolute Gasteiger partial charge is 0.163 e. The van der Waals surface area contributed by atoms with Crippen molar-refractivity contribution >= 4 is 11.0 Å². The largest absolute Gasteiger partial charge is 0.326 e. The van der Waals surface area contributed by atoms with Crippen molar-refractivity contribution in [3.8, 4) is 11.5 Å². The molecule has 0 radical (unpaired) electrons. The van der Waals surface area contributed by atoms with E-state index < -0.39 is 0 Å². The maximum absolute atomic E-state index is 4.56. The van der Waals surface area contributed by atoms with Crippen LogP contribution in [0.3, 0.4) is 0 Å². The van der Waals surface area contributed by atoms with Gasteiger partial charge in [-0.05, 0) is 19.1 Å². The monoisotopic (exact) mass is 213 g/mol. The lowest BCUT2D eigenvalue weighted by Gasteiger charge is -1.98. The Balaban J connectivity index is 2.33. The summed E-state index contributed by atoms with van der Waals surface area (Å²) >= 11 is 0. The Hall–Kier alpha value is -2.17. The topological polar surface area (TPSA) is 59.4 Å². The van der Waals surface area contributed by atoms with Crippen molar-refractivity contribution in [2.24, 2.45) is 7.05 Å². The van der Waals surface area contributed by atoms with E-state index in [2.05, 4.69) is 20.4 Å². The Kier molecular flexibility index (Phi) is 1.80. The van der Waals surface area contributed by atoms with Crippen LogP contribution in [0.1, 0.15) is 5.69 Å². The van der Waals surface area contributed by atoms with Crippen LogP contribution in [0.2, 0.25) is 0 Å². The first-order valence-electron chi connectivity index (χ1n) is 5.07. The molecule has 0 aliphatic heterocycles.